The van der Waals surface area contributed by atoms with E-state index in [2.05, 4.69) is 83.8 Å². The fraction of sp³-hybridized carbons (Fsp3) is 0.500. The molecule has 0 radical (unpaired) electrons. The van der Waals surface area contributed by atoms with Crippen LogP contribution in [0.4, 0.5) is 0 Å². The summed E-state index contributed by atoms with van der Waals surface area (Å²) < 4.78 is 11.7. The summed E-state index contributed by atoms with van der Waals surface area (Å²) in [6.07, 6.45) is 1.08. The predicted molar refractivity (Wildman–Crippen MR) is 131 cm³/mol. The van der Waals surface area contributed by atoms with Gasteiger partial charge in [0.15, 0.2) is 5.96 Å². The first-order chi connectivity index (χ1) is 15.6. The Morgan fingerprint density at radius 3 is 2.59 bits per heavy atom. The maximum Gasteiger partial charge on any atom is 0.191 e. The van der Waals surface area contributed by atoms with Crippen LogP contribution < -0.4 is 15.4 Å². The number of ether oxygens (including phenoxy) is 2. The largest absolute Gasteiger partial charge is 0.488 e. The van der Waals surface area contributed by atoms with Crippen molar-refractivity contribution in [3.8, 4) is 5.75 Å². The minimum Gasteiger partial charge on any atom is -0.488 e. The zero-order valence-electron chi connectivity index (χ0n) is 20.0. The molecule has 0 amide bonds. The average molecular weight is 439 g/mol. The fourth-order valence-electron chi connectivity index (χ4n) is 3.83. The fourth-order valence-corrected chi connectivity index (χ4v) is 3.83. The van der Waals surface area contributed by atoms with Gasteiger partial charge >= 0.3 is 0 Å². The summed E-state index contributed by atoms with van der Waals surface area (Å²) in [4.78, 5) is 6.81. The van der Waals surface area contributed by atoms with E-state index in [0.717, 1.165) is 56.5 Å². The molecular weight excluding hydrogens is 400 g/mol. The third kappa shape index (κ3) is 7.24. The van der Waals surface area contributed by atoms with E-state index in [-0.39, 0.29) is 6.10 Å². The molecule has 1 atom stereocenters. The molecule has 0 spiro atoms. The second-order valence-electron chi connectivity index (χ2n) is 8.28. The summed E-state index contributed by atoms with van der Waals surface area (Å²) in [5.74, 6) is 1.70. The van der Waals surface area contributed by atoms with Crippen molar-refractivity contribution in [2.75, 3.05) is 33.4 Å². The summed E-state index contributed by atoms with van der Waals surface area (Å²) in [6, 6.07) is 15.1. The summed E-state index contributed by atoms with van der Waals surface area (Å²) in [5, 5.41) is 6.86. The van der Waals surface area contributed by atoms with Crippen LogP contribution in [0.1, 0.15) is 42.5 Å². The number of aliphatic imine (C=N–C) groups is 1. The standard InChI is InChI=1S/C26H38N4O2/c1-5-30(6-2)18-22-9-7-8-21(15-22)16-28-26(27-4)29-17-23-11-10-20(3)14-25(23)32-24-12-13-31-19-24/h7-11,14-15,24H,5-6,12-13,16-19H2,1-4H3,(H2,27,28,29). The molecule has 1 unspecified atom stereocenters. The highest BCUT2D eigenvalue weighted by atomic mass is 16.5. The Balaban J connectivity index is 1.55. The second kappa shape index (κ2) is 12.5. The summed E-state index contributed by atoms with van der Waals surface area (Å²) in [7, 11) is 1.80. The smallest absolute Gasteiger partial charge is 0.191 e. The highest BCUT2D eigenvalue weighted by Gasteiger charge is 2.18. The lowest BCUT2D eigenvalue weighted by Crippen LogP contribution is -2.36. The monoisotopic (exact) mass is 438 g/mol. The van der Waals surface area contributed by atoms with Crippen LogP contribution in [0.15, 0.2) is 47.5 Å². The molecule has 2 aromatic rings. The molecule has 0 bridgehead atoms. The van der Waals surface area contributed by atoms with Gasteiger partial charge in [0.05, 0.1) is 13.2 Å². The van der Waals surface area contributed by atoms with Gasteiger partial charge in [-0.1, -0.05) is 50.2 Å². The average Bonchev–Trinajstić information content (AvgIpc) is 3.32. The molecule has 1 aliphatic heterocycles. The molecule has 0 aliphatic carbocycles. The quantitative estimate of drug-likeness (QED) is 0.436. The van der Waals surface area contributed by atoms with Gasteiger partial charge in [0.1, 0.15) is 11.9 Å². The summed E-state index contributed by atoms with van der Waals surface area (Å²) >= 11 is 0. The molecular formula is C26H38N4O2. The zero-order chi connectivity index (χ0) is 22.8. The van der Waals surface area contributed by atoms with E-state index in [1.165, 1.54) is 16.7 Å². The number of hydrogen-bond donors (Lipinski definition) is 2. The van der Waals surface area contributed by atoms with Gasteiger partial charge in [0, 0.05) is 38.7 Å². The molecule has 3 rings (SSSR count). The summed E-state index contributed by atoms with van der Waals surface area (Å²) in [5.41, 5.74) is 4.90. The van der Waals surface area contributed by atoms with Crippen molar-refractivity contribution in [2.24, 2.45) is 4.99 Å². The topological polar surface area (TPSA) is 58.1 Å². The Labute approximate surface area is 193 Å². The maximum absolute atomic E-state index is 6.22. The van der Waals surface area contributed by atoms with Crippen LogP contribution >= 0.6 is 0 Å². The van der Waals surface area contributed by atoms with Crippen molar-refractivity contribution >= 4 is 5.96 Å². The van der Waals surface area contributed by atoms with Gasteiger partial charge < -0.3 is 20.1 Å². The first-order valence-corrected chi connectivity index (χ1v) is 11.7. The highest BCUT2D eigenvalue weighted by molar-refractivity contribution is 5.79. The van der Waals surface area contributed by atoms with Crippen molar-refractivity contribution in [3.05, 3.63) is 64.7 Å². The van der Waals surface area contributed by atoms with Crippen LogP contribution in [0.2, 0.25) is 0 Å². The van der Waals surface area contributed by atoms with Crippen molar-refractivity contribution < 1.29 is 9.47 Å². The normalized spacial score (nSPS) is 16.4. The number of hydrogen-bond acceptors (Lipinski definition) is 4. The van der Waals surface area contributed by atoms with Crippen LogP contribution in [-0.4, -0.2) is 50.3 Å². The van der Waals surface area contributed by atoms with Gasteiger partial charge in [0.2, 0.25) is 0 Å². The van der Waals surface area contributed by atoms with Crippen LogP contribution in [0.25, 0.3) is 0 Å². The van der Waals surface area contributed by atoms with Crippen molar-refractivity contribution in [3.63, 3.8) is 0 Å². The molecule has 1 aliphatic rings. The van der Waals surface area contributed by atoms with Crippen molar-refractivity contribution in [2.45, 2.75) is 52.9 Å². The molecule has 1 fully saturated rings. The molecule has 2 N–H and O–H groups in total. The van der Waals surface area contributed by atoms with Gasteiger partial charge in [-0.25, -0.2) is 0 Å². The van der Waals surface area contributed by atoms with Gasteiger partial charge in [-0.15, -0.1) is 0 Å². The number of aryl methyl sites for hydroxylation is 1. The number of nitrogens with zero attached hydrogens (tertiary/aromatic N) is 2. The molecule has 1 saturated heterocycles. The molecule has 32 heavy (non-hydrogen) atoms. The number of rotatable bonds is 10. The third-order valence-electron chi connectivity index (χ3n) is 5.83. The van der Waals surface area contributed by atoms with Crippen LogP contribution in [0.5, 0.6) is 5.75 Å². The first kappa shape index (κ1) is 24.1. The van der Waals surface area contributed by atoms with E-state index in [1.54, 1.807) is 7.05 Å². The van der Waals surface area contributed by atoms with Gasteiger partial charge in [0.25, 0.3) is 0 Å². The van der Waals surface area contributed by atoms with Crippen LogP contribution in [0.3, 0.4) is 0 Å². The SMILES string of the molecule is CCN(CC)Cc1cccc(CNC(=NC)NCc2ccc(C)cc2OC2CCOC2)c1. The van der Waals surface area contributed by atoms with E-state index in [9.17, 15) is 0 Å². The van der Waals surface area contributed by atoms with Gasteiger partial charge in [-0.3, -0.25) is 9.89 Å². The summed E-state index contributed by atoms with van der Waals surface area (Å²) in [6.45, 7) is 12.4. The molecule has 0 saturated carbocycles. The van der Waals surface area contributed by atoms with E-state index in [0.29, 0.717) is 13.2 Å². The molecule has 1 heterocycles. The van der Waals surface area contributed by atoms with E-state index in [1.807, 2.05) is 0 Å². The van der Waals surface area contributed by atoms with Crippen molar-refractivity contribution in [1.82, 2.24) is 15.5 Å². The Bertz CT molecular complexity index is 874. The van der Waals surface area contributed by atoms with Gasteiger partial charge in [-0.2, -0.15) is 0 Å². The Morgan fingerprint density at radius 2 is 1.88 bits per heavy atom. The molecule has 2 aromatic carbocycles. The molecule has 0 aromatic heterocycles. The predicted octanol–water partition coefficient (Wildman–Crippen LogP) is 3.87. The lowest BCUT2D eigenvalue weighted by atomic mass is 10.1. The van der Waals surface area contributed by atoms with E-state index in [4.69, 9.17) is 9.47 Å². The van der Waals surface area contributed by atoms with Gasteiger partial charge in [-0.05, 0) is 42.8 Å². The van der Waals surface area contributed by atoms with E-state index < -0.39 is 0 Å². The Kier molecular flexibility index (Phi) is 9.38. The minimum atomic E-state index is 0.136. The van der Waals surface area contributed by atoms with Crippen LogP contribution in [-0.2, 0) is 24.4 Å². The lowest BCUT2D eigenvalue weighted by molar-refractivity contribution is 0.140. The van der Waals surface area contributed by atoms with Crippen molar-refractivity contribution in [1.29, 1.82) is 0 Å². The number of nitrogens with one attached hydrogen (secondary N) is 2. The molecule has 6 heteroatoms. The maximum atomic E-state index is 6.22. The van der Waals surface area contributed by atoms with Crippen LogP contribution in [0, 0.1) is 6.92 Å². The Morgan fingerprint density at radius 1 is 1.09 bits per heavy atom. The second-order valence-corrected chi connectivity index (χ2v) is 8.28. The zero-order valence-corrected chi connectivity index (χ0v) is 20.0. The molecule has 174 valence electrons. The molecule has 6 nitrogen and oxygen atoms in total. The Hall–Kier alpha value is -2.57. The highest BCUT2D eigenvalue weighted by Crippen LogP contribution is 2.23. The minimum absolute atomic E-state index is 0.136. The number of benzene rings is 2. The third-order valence-corrected chi connectivity index (χ3v) is 5.83. The first-order valence-electron chi connectivity index (χ1n) is 11.7. The van der Waals surface area contributed by atoms with E-state index >= 15 is 0 Å². The lowest BCUT2D eigenvalue weighted by Gasteiger charge is -2.19. The number of guanidine groups is 1.